The molecule has 1 fully saturated rings. The minimum atomic E-state index is 0.482. The van der Waals surface area contributed by atoms with Crippen molar-refractivity contribution in [3.8, 4) is 0 Å². The van der Waals surface area contributed by atoms with Gasteiger partial charge in [-0.3, -0.25) is 9.88 Å². The van der Waals surface area contributed by atoms with E-state index in [1.54, 1.807) is 0 Å². The average Bonchev–Trinajstić information content (AvgIpc) is 3.29. The third-order valence-electron chi connectivity index (χ3n) is 5.47. The topological polar surface area (TPSA) is 64.7 Å². The summed E-state index contributed by atoms with van der Waals surface area (Å²) >= 11 is 0. The highest BCUT2D eigenvalue weighted by molar-refractivity contribution is 5.07. The Morgan fingerprint density at radius 1 is 1.04 bits per heavy atom. The van der Waals surface area contributed by atoms with Crippen LogP contribution in [0, 0.1) is 6.92 Å². The molecule has 0 spiro atoms. The quantitative estimate of drug-likeness (QED) is 0.672. The Balaban J connectivity index is 1.41. The molecule has 7 nitrogen and oxygen atoms in total. The van der Waals surface area contributed by atoms with Gasteiger partial charge in [-0.1, -0.05) is 6.07 Å². The van der Waals surface area contributed by atoms with E-state index in [1.165, 1.54) is 0 Å². The van der Waals surface area contributed by atoms with Crippen molar-refractivity contribution >= 4 is 0 Å². The van der Waals surface area contributed by atoms with Crippen LogP contribution in [-0.2, 0) is 19.6 Å². The van der Waals surface area contributed by atoms with Gasteiger partial charge in [0.05, 0.1) is 12.2 Å². The average molecular weight is 365 g/mol. The second kappa shape index (κ2) is 8.00. The lowest BCUT2D eigenvalue weighted by atomic mass is 9.95. The Hall–Kier alpha value is -2.54. The molecule has 0 aliphatic carbocycles. The summed E-state index contributed by atoms with van der Waals surface area (Å²) in [6.07, 6.45) is 7.94. The van der Waals surface area contributed by atoms with E-state index in [2.05, 4.69) is 53.3 Å². The predicted octanol–water partition coefficient (Wildman–Crippen LogP) is 2.63. The first-order valence-electron chi connectivity index (χ1n) is 9.76. The first kappa shape index (κ1) is 17.9. The van der Waals surface area contributed by atoms with Crippen LogP contribution in [0.25, 0.3) is 0 Å². The number of rotatable bonds is 6. The van der Waals surface area contributed by atoms with Gasteiger partial charge < -0.3 is 9.13 Å². The van der Waals surface area contributed by atoms with E-state index >= 15 is 0 Å². The maximum absolute atomic E-state index is 4.58. The molecular formula is C20H27N7. The van der Waals surface area contributed by atoms with Crippen LogP contribution in [0.3, 0.4) is 0 Å². The number of likely N-dealkylation sites (tertiary alicyclic amines) is 1. The fourth-order valence-corrected chi connectivity index (χ4v) is 3.91. The summed E-state index contributed by atoms with van der Waals surface area (Å²) in [6, 6.07) is 6.13. The zero-order valence-electron chi connectivity index (χ0n) is 16.1. The molecule has 1 aliphatic rings. The predicted molar refractivity (Wildman–Crippen MR) is 103 cm³/mol. The first-order chi connectivity index (χ1) is 13.2. The lowest BCUT2D eigenvalue weighted by Crippen LogP contribution is -2.33. The van der Waals surface area contributed by atoms with Gasteiger partial charge in [-0.15, -0.1) is 10.2 Å². The summed E-state index contributed by atoms with van der Waals surface area (Å²) in [6.45, 7) is 8.91. The molecule has 0 N–H and O–H groups in total. The van der Waals surface area contributed by atoms with Crippen molar-refractivity contribution in [2.45, 2.75) is 52.2 Å². The maximum Gasteiger partial charge on any atom is 0.153 e. The maximum atomic E-state index is 4.58. The Kier molecular flexibility index (Phi) is 5.29. The zero-order chi connectivity index (χ0) is 18.6. The van der Waals surface area contributed by atoms with Gasteiger partial charge in [0.25, 0.3) is 0 Å². The second-order valence-electron chi connectivity index (χ2n) is 7.19. The minimum Gasteiger partial charge on any atom is -0.328 e. The molecule has 3 aromatic rings. The monoisotopic (exact) mass is 365 g/mol. The van der Waals surface area contributed by atoms with Crippen molar-refractivity contribution in [2.75, 3.05) is 13.1 Å². The van der Waals surface area contributed by atoms with Crippen LogP contribution in [0.5, 0.6) is 0 Å². The lowest BCUT2D eigenvalue weighted by Gasteiger charge is -2.31. The number of hydrogen-bond acceptors (Lipinski definition) is 5. The summed E-state index contributed by atoms with van der Waals surface area (Å²) in [4.78, 5) is 11.2. The highest BCUT2D eigenvalue weighted by Crippen LogP contribution is 2.28. The molecule has 0 bridgehead atoms. The fraction of sp³-hybridized carbons (Fsp3) is 0.500. The van der Waals surface area contributed by atoms with Gasteiger partial charge in [0.2, 0.25) is 0 Å². The summed E-state index contributed by atoms with van der Waals surface area (Å²) in [7, 11) is 0. The van der Waals surface area contributed by atoms with Crippen LogP contribution in [0.4, 0.5) is 0 Å². The highest BCUT2D eigenvalue weighted by atomic mass is 15.3. The van der Waals surface area contributed by atoms with Gasteiger partial charge in [0.1, 0.15) is 11.6 Å². The van der Waals surface area contributed by atoms with E-state index < -0.39 is 0 Å². The van der Waals surface area contributed by atoms with Crippen molar-refractivity contribution in [3.63, 3.8) is 0 Å². The van der Waals surface area contributed by atoms with Crippen LogP contribution in [0.2, 0.25) is 0 Å². The summed E-state index contributed by atoms with van der Waals surface area (Å²) in [5.41, 5.74) is 1.14. The molecule has 27 heavy (non-hydrogen) atoms. The van der Waals surface area contributed by atoms with Gasteiger partial charge >= 0.3 is 0 Å². The van der Waals surface area contributed by atoms with E-state index in [1.807, 2.05) is 31.6 Å². The van der Waals surface area contributed by atoms with E-state index in [-0.39, 0.29) is 0 Å². The Labute approximate surface area is 160 Å². The van der Waals surface area contributed by atoms with Gasteiger partial charge in [-0.25, -0.2) is 4.98 Å². The molecule has 0 saturated carbocycles. The molecule has 4 heterocycles. The van der Waals surface area contributed by atoms with E-state index in [0.717, 1.165) is 68.7 Å². The van der Waals surface area contributed by atoms with Crippen LogP contribution in [0.15, 0.2) is 36.8 Å². The van der Waals surface area contributed by atoms with Gasteiger partial charge in [-0.05, 0) is 51.9 Å². The molecule has 0 aromatic carbocycles. The smallest absolute Gasteiger partial charge is 0.153 e. The molecule has 1 aliphatic heterocycles. The molecule has 1 saturated heterocycles. The summed E-state index contributed by atoms with van der Waals surface area (Å²) < 4.78 is 4.41. The fourth-order valence-electron chi connectivity index (χ4n) is 3.91. The number of aromatic nitrogens is 6. The number of nitrogens with zero attached hydrogens (tertiary/aromatic N) is 7. The van der Waals surface area contributed by atoms with Crippen molar-refractivity contribution in [1.82, 2.24) is 34.2 Å². The SMILES string of the molecule is CCn1c(Cn2ccnc2C)nnc1C1CCN(Cc2ccccn2)CC1. The van der Waals surface area contributed by atoms with Gasteiger partial charge in [0, 0.05) is 37.6 Å². The largest absolute Gasteiger partial charge is 0.328 e. The van der Waals surface area contributed by atoms with Crippen molar-refractivity contribution in [1.29, 1.82) is 0 Å². The number of pyridine rings is 1. The highest BCUT2D eigenvalue weighted by Gasteiger charge is 2.26. The van der Waals surface area contributed by atoms with E-state index in [4.69, 9.17) is 0 Å². The number of hydrogen-bond donors (Lipinski definition) is 0. The lowest BCUT2D eigenvalue weighted by molar-refractivity contribution is 0.198. The van der Waals surface area contributed by atoms with Crippen LogP contribution in [0.1, 0.15) is 48.9 Å². The number of imidazole rings is 1. The Morgan fingerprint density at radius 2 is 1.89 bits per heavy atom. The standard InChI is InChI=1S/C20H27N7/c1-3-27-19(15-26-13-10-21-16(26)2)23-24-20(27)17-7-11-25(12-8-17)14-18-6-4-5-9-22-18/h4-6,9-10,13,17H,3,7-8,11-12,14-15H2,1-2H3. The van der Waals surface area contributed by atoms with E-state index in [0.29, 0.717) is 5.92 Å². The van der Waals surface area contributed by atoms with Crippen LogP contribution < -0.4 is 0 Å². The second-order valence-corrected chi connectivity index (χ2v) is 7.19. The molecule has 3 aromatic heterocycles. The van der Waals surface area contributed by atoms with Crippen molar-refractivity contribution in [2.24, 2.45) is 0 Å². The Morgan fingerprint density at radius 3 is 2.56 bits per heavy atom. The number of piperidine rings is 1. The molecule has 0 unspecified atom stereocenters. The molecule has 4 rings (SSSR count). The minimum absolute atomic E-state index is 0.482. The van der Waals surface area contributed by atoms with Crippen LogP contribution >= 0.6 is 0 Å². The molecule has 0 atom stereocenters. The first-order valence-corrected chi connectivity index (χ1v) is 9.76. The van der Waals surface area contributed by atoms with Crippen LogP contribution in [-0.4, -0.2) is 47.3 Å². The van der Waals surface area contributed by atoms with Gasteiger partial charge in [-0.2, -0.15) is 0 Å². The molecule has 7 heteroatoms. The molecular weight excluding hydrogens is 338 g/mol. The summed E-state index contributed by atoms with van der Waals surface area (Å²) in [5.74, 6) is 3.65. The Bertz CT molecular complexity index is 860. The molecule has 142 valence electrons. The summed E-state index contributed by atoms with van der Waals surface area (Å²) in [5, 5.41) is 9.08. The normalized spacial score (nSPS) is 16.1. The van der Waals surface area contributed by atoms with Crippen molar-refractivity contribution < 1.29 is 0 Å². The zero-order valence-corrected chi connectivity index (χ0v) is 16.1. The van der Waals surface area contributed by atoms with Crippen molar-refractivity contribution in [3.05, 3.63) is 60.0 Å². The van der Waals surface area contributed by atoms with Gasteiger partial charge in [0.15, 0.2) is 5.82 Å². The van der Waals surface area contributed by atoms with E-state index in [9.17, 15) is 0 Å². The molecule has 0 amide bonds. The third-order valence-corrected chi connectivity index (χ3v) is 5.47. The number of aryl methyl sites for hydroxylation is 1. The molecule has 0 radical (unpaired) electrons. The third kappa shape index (κ3) is 3.93.